The molecule has 0 radical (unpaired) electrons. The number of nitro groups is 1. The second-order valence-corrected chi connectivity index (χ2v) is 9.11. The molecule has 3 aromatic rings. The van der Waals surface area contributed by atoms with Crippen molar-refractivity contribution in [3.05, 3.63) is 81.4 Å². The Morgan fingerprint density at radius 3 is 2.41 bits per heavy atom. The number of nitrogens with one attached hydrogen (secondary N) is 2. The minimum atomic E-state index is -3.89. The fraction of sp³-hybridized carbons (Fsp3) is 0.136. The predicted molar refractivity (Wildman–Crippen MR) is 127 cm³/mol. The molecule has 0 spiro atoms. The highest BCUT2D eigenvalue weighted by molar-refractivity contribution is 7.92. The number of hydrogen-bond donors (Lipinski definition) is 2. The number of hydrogen-bond acceptors (Lipinski definition) is 7. The van der Waals surface area contributed by atoms with Gasteiger partial charge in [-0.25, -0.2) is 8.42 Å². The number of methoxy groups -OCH3 is 1. The van der Waals surface area contributed by atoms with Crippen LogP contribution in [0.15, 0.2) is 65.6 Å². The number of rotatable bonds is 9. The number of non-ortho nitro benzene ring substituents is 1. The average molecular weight is 506 g/mol. The number of anilines is 2. The quantitative estimate of drug-likeness (QED) is 0.325. The minimum absolute atomic E-state index is 0.0246. The summed E-state index contributed by atoms with van der Waals surface area (Å²) in [4.78, 5) is 22.5. The van der Waals surface area contributed by atoms with Crippen LogP contribution < -0.4 is 19.5 Å². The van der Waals surface area contributed by atoms with Gasteiger partial charge in [0, 0.05) is 12.1 Å². The molecule has 0 aliphatic rings. The van der Waals surface area contributed by atoms with E-state index in [2.05, 4.69) is 10.0 Å². The van der Waals surface area contributed by atoms with Gasteiger partial charge in [-0.15, -0.1) is 0 Å². The van der Waals surface area contributed by atoms with Gasteiger partial charge < -0.3 is 14.8 Å². The van der Waals surface area contributed by atoms with Crippen LogP contribution in [0.5, 0.6) is 11.5 Å². The highest BCUT2D eigenvalue weighted by atomic mass is 35.5. The second kappa shape index (κ2) is 10.4. The summed E-state index contributed by atoms with van der Waals surface area (Å²) in [5, 5.41) is 13.7. The Morgan fingerprint density at radius 1 is 1.09 bits per heavy atom. The Labute approximate surface area is 200 Å². The summed E-state index contributed by atoms with van der Waals surface area (Å²) >= 11 is 6.03. The molecule has 0 unspecified atom stereocenters. The number of nitro benzene ring substituents is 1. The van der Waals surface area contributed by atoms with Crippen LogP contribution in [0.25, 0.3) is 0 Å². The van der Waals surface area contributed by atoms with E-state index in [9.17, 15) is 23.3 Å². The van der Waals surface area contributed by atoms with E-state index < -0.39 is 20.9 Å². The van der Waals surface area contributed by atoms with Crippen molar-refractivity contribution in [1.29, 1.82) is 0 Å². The zero-order chi connectivity index (χ0) is 24.9. The summed E-state index contributed by atoms with van der Waals surface area (Å²) in [5.74, 6) is 0.145. The summed E-state index contributed by atoms with van der Waals surface area (Å²) in [7, 11) is -2.44. The third-order valence-electron chi connectivity index (χ3n) is 4.61. The normalized spacial score (nSPS) is 10.9. The van der Waals surface area contributed by atoms with Crippen molar-refractivity contribution in [2.45, 2.75) is 11.8 Å². The lowest BCUT2D eigenvalue weighted by Gasteiger charge is -2.11. The van der Waals surface area contributed by atoms with Crippen molar-refractivity contribution < 1.29 is 27.6 Å². The molecule has 0 atom stereocenters. The lowest BCUT2D eigenvalue weighted by atomic mass is 10.2. The Kier molecular flexibility index (Phi) is 7.59. The van der Waals surface area contributed by atoms with E-state index in [1.165, 1.54) is 67.8 Å². The molecule has 178 valence electrons. The lowest BCUT2D eigenvalue weighted by molar-refractivity contribution is -0.384. The van der Waals surface area contributed by atoms with E-state index in [-0.39, 0.29) is 33.6 Å². The molecule has 12 heteroatoms. The molecule has 3 rings (SSSR count). The molecular formula is C22H20ClN3O7S. The lowest BCUT2D eigenvalue weighted by Crippen LogP contribution is -2.20. The Morgan fingerprint density at radius 2 is 1.79 bits per heavy atom. The SMILES string of the molecule is COc1ccc(NS(=O)(=O)c2ccc(OCC(=O)Nc3cc([N+](=O)[O-])ccc3C)cc2)cc1Cl. The molecule has 0 heterocycles. The summed E-state index contributed by atoms with van der Waals surface area (Å²) in [6.45, 7) is 1.32. The van der Waals surface area contributed by atoms with Crippen LogP contribution in [0.3, 0.4) is 0 Å². The molecular weight excluding hydrogens is 486 g/mol. The molecule has 2 N–H and O–H groups in total. The van der Waals surface area contributed by atoms with Gasteiger partial charge in [0.2, 0.25) is 0 Å². The van der Waals surface area contributed by atoms with Gasteiger partial charge in [0.25, 0.3) is 21.6 Å². The number of carbonyl (C=O) groups excluding carboxylic acids is 1. The predicted octanol–water partition coefficient (Wildman–Crippen LogP) is 4.38. The number of carbonyl (C=O) groups is 1. The minimum Gasteiger partial charge on any atom is -0.495 e. The number of benzene rings is 3. The molecule has 0 saturated heterocycles. The second-order valence-electron chi connectivity index (χ2n) is 7.02. The average Bonchev–Trinajstić information content (AvgIpc) is 2.79. The van der Waals surface area contributed by atoms with Gasteiger partial charge in [-0.05, 0) is 55.0 Å². The van der Waals surface area contributed by atoms with Gasteiger partial charge in [0.05, 0.1) is 33.3 Å². The number of nitrogens with zero attached hydrogens (tertiary/aromatic N) is 1. The Balaban J connectivity index is 1.61. The van der Waals surface area contributed by atoms with Crippen LogP contribution in [-0.4, -0.2) is 33.0 Å². The summed E-state index contributed by atoms with van der Waals surface area (Å²) in [6, 6.07) is 14.1. The van der Waals surface area contributed by atoms with Gasteiger partial charge >= 0.3 is 0 Å². The van der Waals surface area contributed by atoms with Crippen LogP contribution in [0.2, 0.25) is 5.02 Å². The van der Waals surface area contributed by atoms with E-state index in [0.29, 0.717) is 17.0 Å². The van der Waals surface area contributed by atoms with Crippen LogP contribution in [0, 0.1) is 17.0 Å². The van der Waals surface area contributed by atoms with E-state index in [1.807, 2.05) is 0 Å². The maximum absolute atomic E-state index is 12.6. The fourth-order valence-corrected chi connectivity index (χ4v) is 4.16. The first kappa shape index (κ1) is 24.8. The smallest absolute Gasteiger partial charge is 0.271 e. The largest absolute Gasteiger partial charge is 0.495 e. The molecule has 0 bridgehead atoms. The van der Waals surface area contributed by atoms with Crippen molar-refractivity contribution in [2.24, 2.45) is 0 Å². The Bertz CT molecular complexity index is 1330. The van der Waals surface area contributed by atoms with Crippen molar-refractivity contribution in [3.63, 3.8) is 0 Å². The van der Waals surface area contributed by atoms with Gasteiger partial charge in [0.15, 0.2) is 6.61 Å². The third kappa shape index (κ3) is 6.15. The van der Waals surface area contributed by atoms with E-state index in [0.717, 1.165) is 0 Å². The number of halogens is 1. The van der Waals surface area contributed by atoms with E-state index in [4.69, 9.17) is 21.1 Å². The van der Waals surface area contributed by atoms with Crippen LogP contribution in [0.1, 0.15) is 5.56 Å². The number of aryl methyl sites for hydroxylation is 1. The first-order chi connectivity index (χ1) is 16.1. The van der Waals surface area contributed by atoms with Gasteiger partial charge in [0.1, 0.15) is 11.5 Å². The first-order valence-electron chi connectivity index (χ1n) is 9.73. The molecule has 34 heavy (non-hydrogen) atoms. The van der Waals surface area contributed by atoms with E-state index in [1.54, 1.807) is 6.92 Å². The maximum atomic E-state index is 12.6. The monoisotopic (exact) mass is 505 g/mol. The van der Waals surface area contributed by atoms with Crippen LogP contribution in [0.4, 0.5) is 17.1 Å². The summed E-state index contributed by atoms with van der Waals surface area (Å²) < 4.78 is 38.1. The van der Waals surface area contributed by atoms with Crippen LogP contribution >= 0.6 is 11.6 Å². The molecule has 0 aliphatic heterocycles. The highest BCUT2D eigenvalue weighted by Gasteiger charge is 2.16. The van der Waals surface area contributed by atoms with Gasteiger partial charge in [-0.3, -0.25) is 19.6 Å². The Hall–Kier alpha value is -3.83. The number of sulfonamides is 1. The molecule has 1 amide bonds. The summed E-state index contributed by atoms with van der Waals surface area (Å²) in [5.41, 5.74) is 1.07. The van der Waals surface area contributed by atoms with Crippen molar-refractivity contribution in [2.75, 3.05) is 23.8 Å². The van der Waals surface area contributed by atoms with E-state index >= 15 is 0 Å². The maximum Gasteiger partial charge on any atom is 0.271 e. The topological polar surface area (TPSA) is 137 Å². The fourth-order valence-electron chi connectivity index (χ4n) is 2.85. The molecule has 0 aliphatic carbocycles. The molecule has 10 nitrogen and oxygen atoms in total. The standard InChI is InChI=1S/C22H20ClN3O7S/c1-14-3-5-16(26(28)29)12-20(14)24-22(27)13-33-17-6-8-18(9-7-17)34(30,31)25-15-4-10-21(32-2)19(23)11-15/h3-12,25H,13H2,1-2H3,(H,24,27). The highest BCUT2D eigenvalue weighted by Crippen LogP contribution is 2.28. The third-order valence-corrected chi connectivity index (χ3v) is 6.31. The van der Waals surface area contributed by atoms with Crippen molar-refractivity contribution >= 4 is 44.6 Å². The first-order valence-corrected chi connectivity index (χ1v) is 11.6. The van der Waals surface area contributed by atoms with Crippen molar-refractivity contribution in [1.82, 2.24) is 0 Å². The number of amides is 1. The molecule has 3 aromatic carbocycles. The zero-order valence-electron chi connectivity index (χ0n) is 18.1. The molecule has 0 saturated carbocycles. The van der Waals surface area contributed by atoms with Gasteiger partial charge in [-0.2, -0.15) is 0 Å². The van der Waals surface area contributed by atoms with Crippen LogP contribution in [-0.2, 0) is 14.8 Å². The van der Waals surface area contributed by atoms with Crippen molar-refractivity contribution in [3.8, 4) is 11.5 Å². The zero-order valence-corrected chi connectivity index (χ0v) is 19.6. The molecule has 0 aromatic heterocycles. The van der Waals surface area contributed by atoms with Gasteiger partial charge in [-0.1, -0.05) is 17.7 Å². The molecule has 0 fully saturated rings. The number of ether oxygens (including phenoxy) is 2. The summed E-state index contributed by atoms with van der Waals surface area (Å²) in [6.07, 6.45) is 0.